The summed E-state index contributed by atoms with van der Waals surface area (Å²) < 4.78 is 15.3. The van der Waals surface area contributed by atoms with Gasteiger partial charge in [-0.05, 0) is 18.9 Å². The van der Waals surface area contributed by atoms with Gasteiger partial charge in [-0.15, -0.1) is 0 Å². The molecule has 22 heavy (non-hydrogen) atoms. The number of hydrogen-bond donors (Lipinski definition) is 1. The summed E-state index contributed by atoms with van der Waals surface area (Å²) in [4.78, 5) is 22.3. The first-order valence-electron chi connectivity index (χ1n) is 7.17. The first kappa shape index (κ1) is 14.6. The number of hydrogen-bond acceptors (Lipinski definition) is 5. The van der Waals surface area contributed by atoms with Crippen LogP contribution < -0.4 is 10.5 Å². The van der Waals surface area contributed by atoms with Gasteiger partial charge in [-0.1, -0.05) is 0 Å². The molecular formula is C15H17FN4O2. The number of halogens is 1. The molecule has 1 N–H and O–H groups in total. The Bertz CT molecular complexity index is 747. The molecule has 0 unspecified atom stereocenters. The van der Waals surface area contributed by atoms with Crippen molar-refractivity contribution in [1.29, 1.82) is 0 Å². The van der Waals surface area contributed by atoms with Crippen LogP contribution in [0.15, 0.2) is 29.3 Å². The van der Waals surface area contributed by atoms with E-state index in [0.717, 1.165) is 19.0 Å². The average molecular weight is 304 g/mol. The normalized spacial score (nSPS) is 18.0. The van der Waals surface area contributed by atoms with Crippen molar-refractivity contribution in [3.63, 3.8) is 0 Å². The van der Waals surface area contributed by atoms with E-state index in [1.54, 1.807) is 7.05 Å². The standard InChI is InChI=1S/C15H17FN4O2/c1-19-14(22)7-13(11-4-5-17-8-12(11)16)18-15(19)20-6-2-3-10(20)9-21/h4-5,7-8,10,21H,2-3,6,9H2,1H3/t10-/m0/s1. The summed E-state index contributed by atoms with van der Waals surface area (Å²) >= 11 is 0. The molecule has 1 fully saturated rings. The van der Waals surface area contributed by atoms with Crippen molar-refractivity contribution in [3.8, 4) is 11.3 Å². The molecule has 2 aromatic heterocycles. The number of aromatic nitrogens is 3. The molecule has 3 heterocycles. The molecule has 1 aliphatic heterocycles. The minimum atomic E-state index is -0.519. The van der Waals surface area contributed by atoms with Gasteiger partial charge in [-0.25, -0.2) is 9.37 Å². The Hall–Kier alpha value is -2.28. The highest BCUT2D eigenvalue weighted by atomic mass is 19.1. The Morgan fingerprint density at radius 3 is 3.05 bits per heavy atom. The highest BCUT2D eigenvalue weighted by molar-refractivity contribution is 5.60. The molecule has 0 amide bonds. The van der Waals surface area contributed by atoms with Crippen LogP contribution in [0.5, 0.6) is 0 Å². The molecule has 2 aromatic rings. The van der Waals surface area contributed by atoms with Gasteiger partial charge < -0.3 is 10.0 Å². The van der Waals surface area contributed by atoms with Crippen LogP contribution in [0.1, 0.15) is 12.8 Å². The van der Waals surface area contributed by atoms with Crippen molar-refractivity contribution in [2.45, 2.75) is 18.9 Å². The van der Waals surface area contributed by atoms with E-state index in [1.807, 2.05) is 4.90 Å². The van der Waals surface area contributed by atoms with Crippen LogP contribution >= 0.6 is 0 Å². The topological polar surface area (TPSA) is 71.2 Å². The van der Waals surface area contributed by atoms with Gasteiger partial charge in [0.1, 0.15) is 0 Å². The van der Waals surface area contributed by atoms with Gasteiger partial charge in [0.05, 0.1) is 24.5 Å². The van der Waals surface area contributed by atoms with Crippen molar-refractivity contribution in [3.05, 3.63) is 40.7 Å². The SMILES string of the molecule is Cn1c(N2CCC[C@H]2CO)nc(-c2ccncc2F)cc1=O. The Morgan fingerprint density at radius 1 is 1.50 bits per heavy atom. The Balaban J connectivity index is 2.12. The van der Waals surface area contributed by atoms with Crippen LogP contribution in [0.4, 0.5) is 10.3 Å². The zero-order valence-electron chi connectivity index (χ0n) is 12.2. The van der Waals surface area contributed by atoms with E-state index in [2.05, 4.69) is 9.97 Å². The molecule has 6 nitrogen and oxygen atoms in total. The summed E-state index contributed by atoms with van der Waals surface area (Å²) in [5.74, 6) is -0.0652. The lowest BCUT2D eigenvalue weighted by molar-refractivity contribution is 0.265. The molecule has 1 atom stereocenters. The zero-order chi connectivity index (χ0) is 15.7. The van der Waals surface area contributed by atoms with Crippen molar-refractivity contribution in [1.82, 2.24) is 14.5 Å². The van der Waals surface area contributed by atoms with E-state index >= 15 is 0 Å². The van der Waals surface area contributed by atoms with Crippen LogP contribution in [0, 0.1) is 5.82 Å². The maximum atomic E-state index is 13.9. The highest BCUT2D eigenvalue weighted by Crippen LogP contribution is 2.25. The number of nitrogens with zero attached hydrogens (tertiary/aromatic N) is 4. The number of aliphatic hydroxyl groups excluding tert-OH is 1. The Labute approximate surface area is 126 Å². The molecule has 0 spiro atoms. The van der Waals surface area contributed by atoms with Crippen molar-refractivity contribution in [2.24, 2.45) is 7.05 Å². The first-order chi connectivity index (χ1) is 10.6. The molecule has 116 valence electrons. The third-order valence-electron chi connectivity index (χ3n) is 4.00. The number of aliphatic hydroxyl groups is 1. The predicted octanol–water partition coefficient (Wildman–Crippen LogP) is 0.943. The van der Waals surface area contributed by atoms with Crippen LogP contribution in [-0.2, 0) is 7.05 Å². The van der Waals surface area contributed by atoms with E-state index in [-0.39, 0.29) is 29.5 Å². The smallest absolute Gasteiger partial charge is 0.255 e. The predicted molar refractivity (Wildman–Crippen MR) is 80.1 cm³/mol. The molecule has 0 aromatic carbocycles. The summed E-state index contributed by atoms with van der Waals surface area (Å²) in [5.41, 5.74) is 0.259. The fourth-order valence-corrected chi connectivity index (χ4v) is 2.79. The fourth-order valence-electron chi connectivity index (χ4n) is 2.79. The third kappa shape index (κ3) is 2.48. The molecule has 0 aliphatic carbocycles. The monoisotopic (exact) mass is 304 g/mol. The summed E-state index contributed by atoms with van der Waals surface area (Å²) in [6.45, 7) is 0.720. The van der Waals surface area contributed by atoms with Crippen LogP contribution in [-0.4, -0.2) is 38.8 Å². The molecule has 1 saturated heterocycles. The van der Waals surface area contributed by atoms with Crippen molar-refractivity contribution < 1.29 is 9.50 Å². The molecule has 0 bridgehead atoms. The molecule has 7 heteroatoms. The lowest BCUT2D eigenvalue weighted by Crippen LogP contribution is -2.37. The minimum absolute atomic E-state index is 0.00369. The van der Waals surface area contributed by atoms with Gasteiger partial charge in [-0.2, -0.15) is 0 Å². The van der Waals surface area contributed by atoms with E-state index < -0.39 is 5.82 Å². The zero-order valence-corrected chi connectivity index (χ0v) is 12.2. The summed E-state index contributed by atoms with van der Waals surface area (Å²) in [6, 6.07) is 2.75. The molecule has 3 rings (SSSR count). The van der Waals surface area contributed by atoms with Gasteiger partial charge in [0.25, 0.3) is 5.56 Å². The fraction of sp³-hybridized carbons (Fsp3) is 0.400. The lowest BCUT2D eigenvalue weighted by Gasteiger charge is -2.26. The van der Waals surface area contributed by atoms with E-state index in [4.69, 9.17) is 0 Å². The third-order valence-corrected chi connectivity index (χ3v) is 4.00. The first-order valence-corrected chi connectivity index (χ1v) is 7.17. The molecule has 1 aliphatic rings. The quantitative estimate of drug-likeness (QED) is 0.914. The van der Waals surface area contributed by atoms with E-state index in [0.29, 0.717) is 12.5 Å². The second kappa shape index (κ2) is 5.84. The summed E-state index contributed by atoms with van der Waals surface area (Å²) in [5, 5.41) is 9.46. The molecule has 0 radical (unpaired) electrons. The van der Waals surface area contributed by atoms with Gasteiger partial charge in [0.15, 0.2) is 5.82 Å². The van der Waals surface area contributed by atoms with Crippen LogP contribution in [0.3, 0.4) is 0 Å². The van der Waals surface area contributed by atoms with Crippen molar-refractivity contribution in [2.75, 3.05) is 18.1 Å². The summed E-state index contributed by atoms with van der Waals surface area (Å²) in [6.07, 6.45) is 4.33. The molecule has 0 saturated carbocycles. The maximum absolute atomic E-state index is 13.9. The van der Waals surface area contributed by atoms with Gasteiger partial charge >= 0.3 is 0 Å². The summed E-state index contributed by atoms with van der Waals surface area (Å²) in [7, 11) is 1.63. The van der Waals surface area contributed by atoms with E-state index in [1.165, 1.54) is 22.9 Å². The Morgan fingerprint density at radius 2 is 2.32 bits per heavy atom. The number of anilines is 1. The minimum Gasteiger partial charge on any atom is -0.394 e. The Kier molecular flexibility index (Phi) is 3.89. The molecular weight excluding hydrogens is 287 g/mol. The highest BCUT2D eigenvalue weighted by Gasteiger charge is 2.27. The average Bonchev–Trinajstić information content (AvgIpc) is 2.99. The van der Waals surface area contributed by atoms with Gasteiger partial charge in [0.2, 0.25) is 5.95 Å². The van der Waals surface area contributed by atoms with E-state index in [9.17, 15) is 14.3 Å². The number of pyridine rings is 1. The van der Waals surface area contributed by atoms with Crippen LogP contribution in [0.2, 0.25) is 0 Å². The largest absolute Gasteiger partial charge is 0.394 e. The van der Waals surface area contributed by atoms with Crippen molar-refractivity contribution >= 4 is 5.95 Å². The number of rotatable bonds is 3. The second-order valence-corrected chi connectivity index (χ2v) is 5.37. The maximum Gasteiger partial charge on any atom is 0.255 e. The lowest BCUT2D eigenvalue weighted by atomic mass is 10.2. The second-order valence-electron chi connectivity index (χ2n) is 5.37. The van der Waals surface area contributed by atoms with Gasteiger partial charge in [0, 0.05) is 31.4 Å². The van der Waals surface area contributed by atoms with Crippen LogP contribution in [0.25, 0.3) is 11.3 Å². The van der Waals surface area contributed by atoms with Gasteiger partial charge in [-0.3, -0.25) is 14.3 Å².